The second kappa shape index (κ2) is 7.45. The highest BCUT2D eigenvalue weighted by Crippen LogP contribution is 2.29. The lowest BCUT2D eigenvalue weighted by Gasteiger charge is -2.17. The van der Waals surface area contributed by atoms with E-state index in [9.17, 15) is 4.79 Å². The molecule has 1 aromatic carbocycles. The number of amides is 1. The summed E-state index contributed by atoms with van der Waals surface area (Å²) < 4.78 is 5.80. The highest BCUT2D eigenvalue weighted by molar-refractivity contribution is 5.99. The number of carbonyl (C=O) groups is 1. The fraction of sp³-hybridized carbons (Fsp3) is 0.294. The zero-order valence-electron chi connectivity index (χ0n) is 12.9. The summed E-state index contributed by atoms with van der Waals surface area (Å²) >= 11 is 0. The van der Waals surface area contributed by atoms with Crippen molar-refractivity contribution >= 4 is 11.6 Å². The number of hydrogen-bond donors (Lipinski definition) is 2. The topological polar surface area (TPSA) is 77.2 Å². The van der Waals surface area contributed by atoms with E-state index in [-0.39, 0.29) is 0 Å². The second-order valence-corrected chi connectivity index (χ2v) is 5.46. The van der Waals surface area contributed by atoms with Crippen LogP contribution in [0.2, 0.25) is 0 Å². The lowest BCUT2D eigenvalue weighted by atomic mass is 10.1. The Bertz CT molecular complexity index is 627. The predicted molar refractivity (Wildman–Crippen MR) is 86.9 cm³/mol. The van der Waals surface area contributed by atoms with E-state index in [0.717, 1.165) is 5.56 Å². The van der Waals surface area contributed by atoms with Gasteiger partial charge in [-0.3, -0.25) is 9.78 Å². The van der Waals surface area contributed by atoms with Crippen LogP contribution in [0.4, 0.5) is 5.69 Å². The number of rotatable bonds is 7. The summed E-state index contributed by atoms with van der Waals surface area (Å²) in [6.07, 6.45) is 3.46. The highest BCUT2D eigenvalue weighted by atomic mass is 16.5. The number of hydrogen-bond acceptors (Lipinski definition) is 4. The van der Waals surface area contributed by atoms with Gasteiger partial charge in [-0.05, 0) is 35.7 Å². The number of nitrogens with zero attached hydrogens (tertiary/aromatic N) is 1. The Hall–Kier alpha value is -2.56. The van der Waals surface area contributed by atoms with Gasteiger partial charge in [-0.15, -0.1) is 0 Å². The third-order valence-electron chi connectivity index (χ3n) is 3.08. The fourth-order valence-corrected chi connectivity index (χ4v) is 1.99. The molecule has 1 aromatic heterocycles. The zero-order valence-corrected chi connectivity index (χ0v) is 12.9. The molecule has 0 atom stereocenters. The number of nitrogens with two attached hydrogens (primary N) is 1. The first-order valence-corrected chi connectivity index (χ1v) is 7.26. The summed E-state index contributed by atoms with van der Waals surface area (Å²) in [5.41, 5.74) is 7.58. The van der Waals surface area contributed by atoms with Gasteiger partial charge in [0.1, 0.15) is 5.75 Å². The molecule has 0 spiro atoms. The minimum Gasteiger partial charge on any atom is -0.491 e. The normalized spacial score (nSPS) is 10.5. The number of pyridine rings is 1. The van der Waals surface area contributed by atoms with Crippen molar-refractivity contribution in [3.63, 3.8) is 0 Å². The van der Waals surface area contributed by atoms with Crippen LogP contribution < -0.4 is 15.8 Å². The number of para-hydroxylation sites is 1. The third-order valence-corrected chi connectivity index (χ3v) is 3.08. The van der Waals surface area contributed by atoms with Crippen molar-refractivity contribution in [2.75, 3.05) is 11.9 Å². The molecule has 5 heteroatoms. The summed E-state index contributed by atoms with van der Waals surface area (Å²) in [5, 5.41) is 3.25. The summed E-state index contributed by atoms with van der Waals surface area (Å²) in [7, 11) is 0. The summed E-state index contributed by atoms with van der Waals surface area (Å²) in [5.74, 6) is 0.552. The van der Waals surface area contributed by atoms with Crippen molar-refractivity contribution in [3.8, 4) is 5.75 Å². The number of anilines is 1. The molecular weight excluding hydrogens is 278 g/mol. The van der Waals surface area contributed by atoms with Gasteiger partial charge in [0, 0.05) is 18.9 Å². The molecule has 1 amide bonds. The Balaban J connectivity index is 2.23. The Kier molecular flexibility index (Phi) is 5.36. The van der Waals surface area contributed by atoms with Gasteiger partial charge in [-0.25, -0.2) is 0 Å². The average molecular weight is 299 g/mol. The maximum Gasteiger partial charge on any atom is 0.250 e. The second-order valence-electron chi connectivity index (χ2n) is 5.46. The van der Waals surface area contributed by atoms with E-state index >= 15 is 0 Å². The molecule has 0 bridgehead atoms. The Morgan fingerprint density at radius 3 is 2.64 bits per heavy atom. The number of aromatic nitrogens is 1. The van der Waals surface area contributed by atoms with Crippen LogP contribution in [-0.4, -0.2) is 17.5 Å². The van der Waals surface area contributed by atoms with Crippen LogP contribution >= 0.6 is 0 Å². The lowest BCUT2D eigenvalue weighted by molar-refractivity contribution is 0.100. The maximum atomic E-state index is 11.6. The quantitative estimate of drug-likeness (QED) is 0.824. The Morgan fingerprint density at radius 1 is 1.27 bits per heavy atom. The predicted octanol–water partition coefficient (Wildman–Crippen LogP) is 2.83. The Morgan fingerprint density at radius 2 is 2.00 bits per heavy atom. The largest absolute Gasteiger partial charge is 0.491 e. The average Bonchev–Trinajstić information content (AvgIpc) is 2.51. The first kappa shape index (κ1) is 15.8. The molecule has 1 heterocycles. The van der Waals surface area contributed by atoms with E-state index in [2.05, 4.69) is 24.1 Å². The van der Waals surface area contributed by atoms with Crippen LogP contribution in [0.15, 0.2) is 42.7 Å². The van der Waals surface area contributed by atoms with E-state index in [1.54, 1.807) is 24.5 Å². The molecule has 0 saturated carbocycles. The van der Waals surface area contributed by atoms with E-state index < -0.39 is 5.91 Å². The molecule has 2 aromatic rings. The fourth-order valence-electron chi connectivity index (χ4n) is 1.99. The van der Waals surface area contributed by atoms with Gasteiger partial charge < -0.3 is 15.8 Å². The highest BCUT2D eigenvalue weighted by Gasteiger charge is 2.14. The summed E-state index contributed by atoms with van der Waals surface area (Å²) in [6, 6.07) is 9.12. The molecule has 0 fully saturated rings. The van der Waals surface area contributed by atoms with Gasteiger partial charge in [-0.1, -0.05) is 19.9 Å². The summed E-state index contributed by atoms with van der Waals surface area (Å²) in [6.45, 7) is 5.28. The summed E-state index contributed by atoms with van der Waals surface area (Å²) in [4.78, 5) is 15.6. The number of ether oxygens (including phenoxy) is 1. The van der Waals surface area contributed by atoms with Crippen molar-refractivity contribution in [2.45, 2.75) is 20.4 Å². The number of carbonyl (C=O) groups excluding carboxylic acids is 1. The van der Waals surface area contributed by atoms with Crippen molar-refractivity contribution < 1.29 is 9.53 Å². The first-order valence-electron chi connectivity index (χ1n) is 7.26. The van der Waals surface area contributed by atoms with Crippen molar-refractivity contribution in [1.82, 2.24) is 4.98 Å². The van der Waals surface area contributed by atoms with E-state index in [1.807, 2.05) is 18.2 Å². The standard InChI is InChI=1S/C17H21N3O2/c1-12(2)11-22-15-5-3-4-14(17(18)21)16(15)20-10-13-6-8-19-9-7-13/h3-9,12,20H,10-11H2,1-2H3,(H2,18,21). The van der Waals surface area contributed by atoms with Crippen LogP contribution in [0.1, 0.15) is 29.8 Å². The van der Waals surface area contributed by atoms with E-state index in [4.69, 9.17) is 10.5 Å². The smallest absolute Gasteiger partial charge is 0.250 e. The Labute approximate surface area is 130 Å². The van der Waals surface area contributed by atoms with Crippen LogP contribution in [0, 0.1) is 5.92 Å². The van der Waals surface area contributed by atoms with Gasteiger partial charge in [0.15, 0.2) is 0 Å². The van der Waals surface area contributed by atoms with Crippen molar-refractivity contribution in [1.29, 1.82) is 0 Å². The molecule has 0 unspecified atom stereocenters. The van der Waals surface area contributed by atoms with Crippen LogP contribution in [0.3, 0.4) is 0 Å². The third kappa shape index (κ3) is 4.22. The molecule has 116 valence electrons. The monoisotopic (exact) mass is 299 g/mol. The molecule has 0 aliphatic heterocycles. The molecule has 0 aliphatic rings. The van der Waals surface area contributed by atoms with Crippen molar-refractivity contribution in [3.05, 3.63) is 53.9 Å². The van der Waals surface area contributed by atoms with Gasteiger partial charge in [-0.2, -0.15) is 0 Å². The molecule has 2 rings (SSSR count). The van der Waals surface area contributed by atoms with Crippen LogP contribution in [0.25, 0.3) is 0 Å². The molecule has 0 radical (unpaired) electrons. The minimum absolute atomic E-state index is 0.394. The lowest BCUT2D eigenvalue weighted by Crippen LogP contribution is -2.16. The maximum absolute atomic E-state index is 11.6. The minimum atomic E-state index is -0.479. The first-order chi connectivity index (χ1) is 10.6. The SMILES string of the molecule is CC(C)COc1cccc(C(N)=O)c1NCc1ccncc1. The molecular formula is C17H21N3O2. The zero-order chi connectivity index (χ0) is 15.9. The molecule has 5 nitrogen and oxygen atoms in total. The van der Waals surface area contributed by atoms with E-state index in [0.29, 0.717) is 36.1 Å². The van der Waals surface area contributed by atoms with Gasteiger partial charge in [0.2, 0.25) is 0 Å². The van der Waals surface area contributed by atoms with Gasteiger partial charge >= 0.3 is 0 Å². The van der Waals surface area contributed by atoms with Gasteiger partial charge in [0.25, 0.3) is 5.91 Å². The van der Waals surface area contributed by atoms with Crippen LogP contribution in [0.5, 0.6) is 5.75 Å². The number of primary amides is 1. The molecule has 0 aliphatic carbocycles. The van der Waals surface area contributed by atoms with Crippen molar-refractivity contribution in [2.24, 2.45) is 11.7 Å². The van der Waals surface area contributed by atoms with Gasteiger partial charge in [0.05, 0.1) is 17.9 Å². The van der Waals surface area contributed by atoms with E-state index in [1.165, 1.54) is 0 Å². The number of nitrogens with one attached hydrogen (secondary N) is 1. The molecule has 22 heavy (non-hydrogen) atoms. The molecule has 3 N–H and O–H groups in total. The molecule has 0 saturated heterocycles. The number of benzene rings is 1. The van der Waals surface area contributed by atoms with Crippen LogP contribution in [-0.2, 0) is 6.54 Å².